The van der Waals surface area contributed by atoms with Crippen LogP contribution in [0.3, 0.4) is 0 Å². The fourth-order valence-electron chi connectivity index (χ4n) is 4.71. The molecule has 1 aliphatic heterocycles. The second kappa shape index (κ2) is 9.68. The van der Waals surface area contributed by atoms with Gasteiger partial charge in [0, 0.05) is 37.0 Å². The van der Waals surface area contributed by atoms with E-state index in [4.69, 9.17) is 15.0 Å². The van der Waals surface area contributed by atoms with Gasteiger partial charge in [0.15, 0.2) is 0 Å². The summed E-state index contributed by atoms with van der Waals surface area (Å²) in [6.07, 6.45) is 15.9. The van der Waals surface area contributed by atoms with E-state index in [-0.39, 0.29) is 0 Å². The van der Waals surface area contributed by atoms with Crippen molar-refractivity contribution in [3.8, 4) is 0 Å². The average molecular weight is 430 g/mol. The molecule has 0 N–H and O–H groups in total. The van der Waals surface area contributed by atoms with E-state index >= 15 is 0 Å². The maximum atomic E-state index is 5.04. The zero-order chi connectivity index (χ0) is 22.7. The van der Waals surface area contributed by atoms with E-state index in [1.807, 2.05) is 0 Å². The van der Waals surface area contributed by atoms with Crippen LogP contribution in [-0.2, 0) is 12.8 Å². The average Bonchev–Trinajstić information content (AvgIpc) is 3.39. The van der Waals surface area contributed by atoms with Crippen LogP contribution in [0.2, 0.25) is 0 Å². The maximum absolute atomic E-state index is 5.04. The Labute approximate surface area is 191 Å². The Kier molecular flexibility index (Phi) is 6.73. The van der Waals surface area contributed by atoms with E-state index < -0.39 is 0 Å². The molecule has 4 heterocycles. The predicted molar refractivity (Wildman–Crippen MR) is 133 cm³/mol. The van der Waals surface area contributed by atoms with E-state index in [2.05, 4.69) is 80.5 Å². The molecule has 168 valence electrons. The van der Waals surface area contributed by atoms with Crippen LogP contribution < -0.4 is 4.90 Å². The van der Waals surface area contributed by atoms with Gasteiger partial charge >= 0.3 is 0 Å². The molecule has 0 saturated carbocycles. The number of imidazole rings is 1. The van der Waals surface area contributed by atoms with E-state index in [9.17, 15) is 0 Å². The van der Waals surface area contributed by atoms with E-state index in [0.29, 0.717) is 0 Å². The molecule has 0 amide bonds. The van der Waals surface area contributed by atoms with Gasteiger partial charge in [-0.3, -0.25) is 0 Å². The van der Waals surface area contributed by atoms with Crippen LogP contribution in [0, 0.1) is 27.7 Å². The minimum absolute atomic E-state index is 0.802. The lowest BCUT2D eigenvalue weighted by atomic mass is 10.1. The Morgan fingerprint density at radius 3 is 2.34 bits per heavy atom. The number of nitrogens with zero attached hydrogens (tertiary/aromatic N) is 5. The van der Waals surface area contributed by atoms with E-state index in [0.717, 1.165) is 60.9 Å². The highest BCUT2D eigenvalue weighted by atomic mass is 15.2. The fourth-order valence-corrected chi connectivity index (χ4v) is 4.71. The Bertz CT molecular complexity index is 1140. The van der Waals surface area contributed by atoms with Crippen LogP contribution in [-0.4, -0.2) is 32.4 Å². The summed E-state index contributed by atoms with van der Waals surface area (Å²) in [5.74, 6) is 0.917. The Balaban J connectivity index is 1.58. The third kappa shape index (κ3) is 4.47. The van der Waals surface area contributed by atoms with Crippen molar-refractivity contribution in [2.24, 2.45) is 0 Å². The molecule has 0 bridgehead atoms. The Morgan fingerprint density at radius 2 is 1.66 bits per heavy atom. The predicted octanol–water partition coefficient (Wildman–Crippen LogP) is 5.72. The van der Waals surface area contributed by atoms with Gasteiger partial charge in [0.25, 0.3) is 0 Å². The molecule has 32 heavy (non-hydrogen) atoms. The molecule has 1 fully saturated rings. The lowest BCUT2D eigenvalue weighted by molar-refractivity contribution is 0.805. The summed E-state index contributed by atoms with van der Waals surface area (Å²) in [6, 6.07) is 2.17. The largest absolute Gasteiger partial charge is 0.369 e. The molecule has 0 aromatic carbocycles. The number of hydrogen-bond acceptors (Lipinski definition) is 4. The second-order valence-corrected chi connectivity index (χ2v) is 8.80. The van der Waals surface area contributed by atoms with Crippen LogP contribution in [0.15, 0.2) is 30.5 Å². The molecule has 3 aromatic heterocycles. The molecular formula is C27H35N5. The number of allylic oxidation sites excluding steroid dienone is 3. The number of fused-ring (bicyclic) bond motifs is 1. The fraction of sp³-hybridized carbons (Fsp3) is 0.444. The minimum atomic E-state index is 0.802. The van der Waals surface area contributed by atoms with Gasteiger partial charge < -0.3 is 9.30 Å². The monoisotopic (exact) mass is 429 g/mol. The van der Waals surface area contributed by atoms with Crippen molar-refractivity contribution < 1.29 is 0 Å². The molecule has 0 radical (unpaired) electrons. The van der Waals surface area contributed by atoms with E-state index in [1.165, 1.54) is 35.3 Å². The number of pyridine rings is 1. The summed E-state index contributed by atoms with van der Waals surface area (Å²) in [7, 11) is 0. The van der Waals surface area contributed by atoms with Gasteiger partial charge in [0.1, 0.15) is 11.5 Å². The lowest BCUT2D eigenvalue weighted by Crippen LogP contribution is -2.21. The van der Waals surface area contributed by atoms with Crippen molar-refractivity contribution in [1.29, 1.82) is 0 Å². The molecule has 1 saturated heterocycles. The number of aryl methyl sites for hydroxylation is 6. The van der Waals surface area contributed by atoms with Gasteiger partial charge in [-0.15, -0.1) is 0 Å². The zero-order valence-corrected chi connectivity index (χ0v) is 20.1. The summed E-state index contributed by atoms with van der Waals surface area (Å²) in [5, 5.41) is 0. The third-order valence-electron chi connectivity index (χ3n) is 6.42. The van der Waals surface area contributed by atoms with Gasteiger partial charge in [0.2, 0.25) is 0 Å². The molecule has 0 unspecified atom stereocenters. The molecular weight excluding hydrogens is 394 g/mol. The summed E-state index contributed by atoms with van der Waals surface area (Å²) < 4.78 is 2.21. The third-order valence-corrected chi connectivity index (χ3v) is 6.42. The highest BCUT2D eigenvalue weighted by Crippen LogP contribution is 2.26. The van der Waals surface area contributed by atoms with Crippen LogP contribution >= 0.6 is 0 Å². The van der Waals surface area contributed by atoms with Gasteiger partial charge in [-0.2, -0.15) is 0 Å². The minimum Gasteiger partial charge on any atom is -0.369 e. The number of aromatic nitrogens is 4. The van der Waals surface area contributed by atoms with Gasteiger partial charge in [-0.05, 0) is 65.0 Å². The van der Waals surface area contributed by atoms with Crippen LogP contribution in [0.25, 0.3) is 11.7 Å². The topological polar surface area (TPSA) is 46.3 Å². The number of hydrogen-bond donors (Lipinski definition) is 0. The highest BCUT2D eigenvalue weighted by molar-refractivity contribution is 5.70. The zero-order valence-electron chi connectivity index (χ0n) is 20.1. The standard InChI is InChI=1S/C27H35N5/c1-6-7-8-9-12-23-19(2)15-18-32-22(5)24(30-27(23)32)13-14-25-28-20(3)26(21(4)29-25)31-16-10-11-17-31/h7-9,12,15,18H,6,10-11,13-14,16-17H2,1-5H3/b8-7+,12-9-. The van der Waals surface area contributed by atoms with Crippen molar-refractivity contribution in [3.63, 3.8) is 0 Å². The molecule has 0 spiro atoms. The molecule has 5 nitrogen and oxygen atoms in total. The summed E-state index contributed by atoms with van der Waals surface area (Å²) >= 11 is 0. The number of anilines is 1. The van der Waals surface area contributed by atoms with Gasteiger partial charge in [-0.25, -0.2) is 15.0 Å². The van der Waals surface area contributed by atoms with Crippen LogP contribution in [0.5, 0.6) is 0 Å². The Hall–Kier alpha value is -2.95. The summed E-state index contributed by atoms with van der Waals surface area (Å²) in [5.41, 5.74) is 9.20. The first-order valence-electron chi connectivity index (χ1n) is 11.9. The SMILES string of the molecule is CC/C=C/C=C\c1c(C)ccn2c(C)c(CCc3nc(C)c(N4CCCC4)c(C)n3)nc12. The summed E-state index contributed by atoms with van der Waals surface area (Å²) in [6.45, 7) is 12.9. The van der Waals surface area contributed by atoms with Gasteiger partial charge in [-0.1, -0.05) is 31.2 Å². The lowest BCUT2D eigenvalue weighted by Gasteiger charge is -2.21. The molecule has 0 aliphatic carbocycles. The quantitative estimate of drug-likeness (QED) is 0.451. The number of rotatable bonds is 7. The molecule has 1 aliphatic rings. The van der Waals surface area contributed by atoms with Crippen molar-refractivity contribution in [2.75, 3.05) is 18.0 Å². The van der Waals surface area contributed by atoms with Crippen LogP contribution in [0.1, 0.15) is 65.9 Å². The molecule has 5 heteroatoms. The molecule has 0 atom stereocenters. The normalized spacial score (nSPS) is 14.6. The smallest absolute Gasteiger partial charge is 0.144 e. The van der Waals surface area contributed by atoms with Crippen molar-refractivity contribution >= 4 is 17.4 Å². The van der Waals surface area contributed by atoms with E-state index in [1.54, 1.807) is 0 Å². The summed E-state index contributed by atoms with van der Waals surface area (Å²) in [4.78, 5) is 17.2. The first kappa shape index (κ1) is 22.3. The Morgan fingerprint density at radius 1 is 0.938 bits per heavy atom. The van der Waals surface area contributed by atoms with Crippen molar-refractivity contribution in [2.45, 2.75) is 66.7 Å². The van der Waals surface area contributed by atoms with Gasteiger partial charge in [0.05, 0.1) is 22.8 Å². The highest BCUT2D eigenvalue weighted by Gasteiger charge is 2.19. The molecule has 3 aromatic rings. The van der Waals surface area contributed by atoms with Crippen LogP contribution in [0.4, 0.5) is 5.69 Å². The van der Waals surface area contributed by atoms with Crippen molar-refractivity contribution in [3.05, 3.63) is 70.2 Å². The first-order valence-corrected chi connectivity index (χ1v) is 11.9. The maximum Gasteiger partial charge on any atom is 0.144 e. The molecule has 4 rings (SSSR count). The first-order chi connectivity index (χ1) is 15.5. The van der Waals surface area contributed by atoms with Crippen molar-refractivity contribution in [1.82, 2.24) is 19.4 Å². The second-order valence-electron chi connectivity index (χ2n) is 8.80.